The van der Waals surface area contributed by atoms with Crippen LogP contribution in [-0.4, -0.2) is 59.4 Å². The van der Waals surface area contributed by atoms with Gasteiger partial charge in [0.1, 0.15) is 11.9 Å². The number of hydrogen-bond donors (Lipinski definition) is 2. The Morgan fingerprint density at radius 2 is 1.78 bits per heavy atom. The number of ether oxygens (including phenoxy) is 2. The molecule has 0 spiro atoms. The second-order valence-electron chi connectivity index (χ2n) is 9.70. The third-order valence-electron chi connectivity index (χ3n) is 6.90. The van der Waals surface area contributed by atoms with Gasteiger partial charge in [-0.2, -0.15) is 0 Å². The number of carbonyl (C=O) groups excluding carboxylic acids is 2. The van der Waals surface area contributed by atoms with E-state index >= 15 is 0 Å². The molecule has 3 N–H and O–H groups in total. The highest BCUT2D eigenvalue weighted by atomic mass is 16.6. The highest BCUT2D eigenvalue weighted by molar-refractivity contribution is 5.89. The van der Waals surface area contributed by atoms with Crippen molar-refractivity contribution in [2.45, 2.75) is 38.8 Å². The number of para-hydroxylation sites is 2. The SMILES string of the molecule is COc1cccc(C(CN2CCC(CNC(=O)n3c(=O)n(C(C)C)c4ccccc43)CC2)OC(N)=O)c1. The summed E-state index contributed by atoms with van der Waals surface area (Å²) in [4.78, 5) is 39.8. The number of nitrogens with one attached hydrogen (secondary N) is 1. The molecule has 198 valence electrons. The summed E-state index contributed by atoms with van der Waals surface area (Å²) < 4.78 is 13.6. The number of rotatable bonds is 8. The van der Waals surface area contributed by atoms with Gasteiger partial charge in [-0.05, 0) is 75.5 Å². The Morgan fingerprint density at radius 3 is 2.43 bits per heavy atom. The molecule has 37 heavy (non-hydrogen) atoms. The molecule has 1 aliphatic heterocycles. The summed E-state index contributed by atoms with van der Waals surface area (Å²) in [7, 11) is 1.59. The van der Waals surface area contributed by atoms with Gasteiger partial charge in [0.15, 0.2) is 0 Å². The normalized spacial score (nSPS) is 15.6. The Morgan fingerprint density at radius 1 is 1.08 bits per heavy atom. The number of amides is 2. The monoisotopic (exact) mass is 509 g/mol. The van der Waals surface area contributed by atoms with Gasteiger partial charge in [-0.15, -0.1) is 0 Å². The number of fused-ring (bicyclic) bond motifs is 1. The van der Waals surface area contributed by atoms with Crippen LogP contribution >= 0.6 is 0 Å². The maximum Gasteiger partial charge on any atom is 0.405 e. The van der Waals surface area contributed by atoms with E-state index in [0.717, 1.165) is 37.0 Å². The minimum atomic E-state index is -0.820. The summed E-state index contributed by atoms with van der Waals surface area (Å²) in [5.41, 5.74) is 7.17. The van der Waals surface area contributed by atoms with E-state index in [-0.39, 0.29) is 17.6 Å². The summed E-state index contributed by atoms with van der Waals surface area (Å²) in [5, 5.41) is 2.97. The summed E-state index contributed by atoms with van der Waals surface area (Å²) in [5.74, 6) is 0.960. The number of methoxy groups -OCH3 is 1. The van der Waals surface area contributed by atoms with Crippen molar-refractivity contribution in [3.8, 4) is 5.75 Å². The van der Waals surface area contributed by atoms with Crippen LogP contribution in [0.2, 0.25) is 0 Å². The van der Waals surface area contributed by atoms with Crippen LogP contribution in [-0.2, 0) is 4.74 Å². The number of piperidine rings is 1. The zero-order valence-corrected chi connectivity index (χ0v) is 21.6. The van der Waals surface area contributed by atoms with Crippen LogP contribution in [0.4, 0.5) is 9.59 Å². The Bertz CT molecular complexity index is 1310. The molecule has 0 radical (unpaired) electrons. The number of primary amides is 1. The van der Waals surface area contributed by atoms with E-state index in [4.69, 9.17) is 15.2 Å². The molecule has 4 rings (SSSR count). The van der Waals surface area contributed by atoms with Gasteiger partial charge in [0, 0.05) is 19.1 Å². The summed E-state index contributed by atoms with van der Waals surface area (Å²) in [6, 6.07) is 14.3. The summed E-state index contributed by atoms with van der Waals surface area (Å²) >= 11 is 0. The lowest BCUT2D eigenvalue weighted by Gasteiger charge is -2.34. The number of likely N-dealkylation sites (tertiary alicyclic amines) is 1. The van der Waals surface area contributed by atoms with E-state index in [1.807, 2.05) is 56.3 Å². The fourth-order valence-corrected chi connectivity index (χ4v) is 4.98. The molecule has 2 aromatic carbocycles. The molecule has 0 aliphatic carbocycles. The second-order valence-corrected chi connectivity index (χ2v) is 9.70. The molecule has 2 amide bonds. The lowest BCUT2D eigenvalue weighted by atomic mass is 9.96. The topological polar surface area (TPSA) is 121 Å². The van der Waals surface area contributed by atoms with Gasteiger partial charge in [0.05, 0.1) is 18.1 Å². The fourth-order valence-electron chi connectivity index (χ4n) is 4.98. The molecular weight excluding hydrogens is 474 g/mol. The van der Waals surface area contributed by atoms with E-state index in [1.54, 1.807) is 17.7 Å². The van der Waals surface area contributed by atoms with E-state index in [2.05, 4.69) is 10.2 Å². The van der Waals surface area contributed by atoms with Crippen molar-refractivity contribution in [1.29, 1.82) is 0 Å². The standard InChI is InChI=1S/C27H35N5O5/c1-18(2)31-22-9-4-5-10-23(22)32(27(31)35)26(34)29-16-19-11-13-30(14-12-19)17-24(37-25(28)33)20-7-6-8-21(15-20)36-3/h4-10,15,18-19,24H,11-14,16-17H2,1-3H3,(H2,28,33)(H,29,34). The zero-order chi connectivity index (χ0) is 26.5. The van der Waals surface area contributed by atoms with Crippen LogP contribution in [0.3, 0.4) is 0 Å². The van der Waals surface area contributed by atoms with Crippen LogP contribution in [0.15, 0.2) is 53.3 Å². The summed E-state index contributed by atoms with van der Waals surface area (Å²) in [6.07, 6.45) is 0.405. The molecule has 10 nitrogen and oxygen atoms in total. The summed E-state index contributed by atoms with van der Waals surface area (Å²) in [6.45, 7) is 6.43. The number of carbonyl (C=O) groups is 2. The van der Waals surface area contributed by atoms with Crippen LogP contribution in [0.1, 0.15) is 44.4 Å². The average Bonchev–Trinajstić information content (AvgIpc) is 3.19. The molecule has 1 saturated heterocycles. The van der Waals surface area contributed by atoms with Crippen molar-refractivity contribution in [3.63, 3.8) is 0 Å². The van der Waals surface area contributed by atoms with E-state index in [9.17, 15) is 14.4 Å². The molecule has 0 bridgehead atoms. The van der Waals surface area contributed by atoms with E-state index in [1.165, 1.54) is 4.57 Å². The van der Waals surface area contributed by atoms with Crippen molar-refractivity contribution < 1.29 is 19.1 Å². The molecule has 1 atom stereocenters. The largest absolute Gasteiger partial charge is 0.497 e. The van der Waals surface area contributed by atoms with Gasteiger partial charge in [0.2, 0.25) is 0 Å². The first-order valence-corrected chi connectivity index (χ1v) is 12.6. The average molecular weight is 510 g/mol. The molecule has 2 heterocycles. The molecule has 3 aromatic rings. The molecular formula is C27H35N5O5. The number of aromatic nitrogens is 2. The number of benzene rings is 2. The molecule has 1 unspecified atom stereocenters. The Balaban J connectivity index is 1.35. The predicted molar refractivity (Wildman–Crippen MR) is 141 cm³/mol. The van der Waals surface area contributed by atoms with Gasteiger partial charge >= 0.3 is 17.8 Å². The third-order valence-corrected chi connectivity index (χ3v) is 6.90. The van der Waals surface area contributed by atoms with E-state index in [0.29, 0.717) is 24.4 Å². The van der Waals surface area contributed by atoms with Crippen molar-refractivity contribution in [3.05, 3.63) is 64.6 Å². The molecule has 1 fully saturated rings. The Kier molecular flexibility index (Phi) is 8.17. The smallest absolute Gasteiger partial charge is 0.405 e. The maximum absolute atomic E-state index is 13.0. The molecule has 1 aliphatic rings. The molecule has 10 heteroatoms. The minimum Gasteiger partial charge on any atom is -0.497 e. The predicted octanol–water partition coefficient (Wildman–Crippen LogP) is 3.50. The van der Waals surface area contributed by atoms with Crippen LogP contribution < -0.4 is 21.5 Å². The van der Waals surface area contributed by atoms with Crippen LogP contribution in [0.25, 0.3) is 11.0 Å². The van der Waals surface area contributed by atoms with Gasteiger partial charge in [0.25, 0.3) is 0 Å². The van der Waals surface area contributed by atoms with Gasteiger partial charge in [-0.3, -0.25) is 9.47 Å². The van der Waals surface area contributed by atoms with Gasteiger partial charge in [-0.25, -0.2) is 19.0 Å². The Labute approximate surface area is 215 Å². The minimum absolute atomic E-state index is 0.0601. The quantitative estimate of drug-likeness (QED) is 0.480. The zero-order valence-electron chi connectivity index (χ0n) is 21.6. The highest BCUT2D eigenvalue weighted by Crippen LogP contribution is 2.26. The first-order chi connectivity index (χ1) is 17.8. The van der Waals surface area contributed by atoms with E-state index < -0.39 is 18.2 Å². The van der Waals surface area contributed by atoms with Gasteiger partial charge in [-0.1, -0.05) is 24.3 Å². The van der Waals surface area contributed by atoms with Crippen LogP contribution in [0, 0.1) is 5.92 Å². The Hall–Kier alpha value is -3.79. The maximum atomic E-state index is 13.0. The molecule has 1 aromatic heterocycles. The highest BCUT2D eigenvalue weighted by Gasteiger charge is 2.26. The fraction of sp³-hybridized carbons (Fsp3) is 0.444. The second kappa shape index (κ2) is 11.5. The molecule has 0 saturated carbocycles. The number of nitrogens with two attached hydrogens (primary N) is 1. The lowest BCUT2D eigenvalue weighted by Crippen LogP contribution is -2.43. The third kappa shape index (κ3) is 5.96. The van der Waals surface area contributed by atoms with Crippen LogP contribution in [0.5, 0.6) is 5.75 Å². The van der Waals surface area contributed by atoms with Gasteiger partial charge < -0.3 is 20.5 Å². The number of hydrogen-bond acceptors (Lipinski definition) is 6. The van der Waals surface area contributed by atoms with Crippen molar-refractivity contribution in [1.82, 2.24) is 19.4 Å². The first kappa shape index (κ1) is 26.3. The first-order valence-electron chi connectivity index (χ1n) is 12.6. The van der Waals surface area contributed by atoms with Crippen molar-refractivity contribution in [2.24, 2.45) is 11.7 Å². The number of imidazole rings is 1. The van der Waals surface area contributed by atoms with Crippen molar-refractivity contribution >= 4 is 23.2 Å². The number of nitrogens with zero attached hydrogens (tertiary/aromatic N) is 3. The van der Waals surface area contributed by atoms with Crippen molar-refractivity contribution in [2.75, 3.05) is 33.3 Å². The lowest BCUT2D eigenvalue weighted by molar-refractivity contribution is 0.0636.